The molecular weight excluding hydrogens is 659 g/mol. The van der Waals surface area contributed by atoms with Crippen LogP contribution in [0.2, 0.25) is 0 Å². The third-order valence-corrected chi connectivity index (χ3v) is 11.2. The van der Waals surface area contributed by atoms with Gasteiger partial charge in [-0.1, -0.05) is 226 Å². The van der Waals surface area contributed by atoms with E-state index in [1.807, 2.05) is 0 Å². The van der Waals surface area contributed by atoms with Gasteiger partial charge in [0.2, 0.25) is 5.91 Å². The molecule has 1 amide bonds. The molecule has 0 aromatic heterocycles. The number of hydrogen-bond acceptors (Lipinski definition) is 5. The summed E-state index contributed by atoms with van der Waals surface area (Å²) in [6, 6.07) is -0.548. The fourth-order valence-electron chi connectivity index (χ4n) is 7.46. The fourth-order valence-corrected chi connectivity index (χ4v) is 7.46. The zero-order valence-electron chi connectivity index (χ0n) is 35.8. The molecule has 316 valence electrons. The number of aliphatic hydroxyl groups excluding tert-OH is 2. The molecule has 0 saturated carbocycles. The van der Waals surface area contributed by atoms with Crippen molar-refractivity contribution >= 4 is 11.9 Å². The molecule has 0 rings (SSSR count). The number of ether oxygens (including phenoxy) is 1. The number of carbonyl (C=O) groups excluding carboxylic acids is 2. The van der Waals surface area contributed by atoms with E-state index >= 15 is 0 Å². The van der Waals surface area contributed by atoms with Crippen LogP contribution in [0, 0.1) is 0 Å². The SMILES string of the molecule is CCCCCCCCCCCCCCC(O)C(CO)NC(=O)CCCCCCCCCCCCCCCOC(=O)CCCCCCCCCCCCC. The zero-order valence-corrected chi connectivity index (χ0v) is 35.8. The van der Waals surface area contributed by atoms with Crippen LogP contribution in [-0.4, -0.2) is 47.4 Å². The lowest BCUT2D eigenvalue weighted by molar-refractivity contribution is -0.143. The molecule has 3 N–H and O–H groups in total. The smallest absolute Gasteiger partial charge is 0.305 e. The van der Waals surface area contributed by atoms with E-state index in [4.69, 9.17) is 4.74 Å². The second-order valence-corrected chi connectivity index (χ2v) is 16.5. The topological polar surface area (TPSA) is 95.9 Å². The summed E-state index contributed by atoms with van der Waals surface area (Å²) in [5.41, 5.74) is 0. The maximum Gasteiger partial charge on any atom is 0.305 e. The van der Waals surface area contributed by atoms with Gasteiger partial charge in [-0.2, -0.15) is 0 Å². The summed E-state index contributed by atoms with van der Waals surface area (Å²) >= 11 is 0. The molecule has 0 bridgehead atoms. The summed E-state index contributed by atoms with van der Waals surface area (Å²) in [5.74, 6) is -0.0532. The number of unbranched alkanes of at least 4 members (excludes halogenated alkanes) is 33. The molecule has 6 heteroatoms. The van der Waals surface area contributed by atoms with Crippen LogP contribution in [0.5, 0.6) is 0 Å². The normalized spacial score (nSPS) is 12.6. The molecule has 0 spiro atoms. The van der Waals surface area contributed by atoms with E-state index < -0.39 is 12.1 Å². The minimum atomic E-state index is -0.669. The van der Waals surface area contributed by atoms with Gasteiger partial charge < -0.3 is 20.3 Å². The van der Waals surface area contributed by atoms with Crippen molar-refractivity contribution in [2.75, 3.05) is 13.2 Å². The Morgan fingerprint density at radius 3 is 1.15 bits per heavy atom. The average molecular weight is 752 g/mol. The Balaban J connectivity index is 3.44. The van der Waals surface area contributed by atoms with Crippen LogP contribution in [0.1, 0.15) is 264 Å². The van der Waals surface area contributed by atoms with Crippen molar-refractivity contribution in [1.82, 2.24) is 5.32 Å². The van der Waals surface area contributed by atoms with Crippen LogP contribution in [-0.2, 0) is 14.3 Å². The summed E-state index contributed by atoms with van der Waals surface area (Å²) in [5, 5.41) is 23.1. The van der Waals surface area contributed by atoms with Crippen LogP contribution < -0.4 is 5.32 Å². The van der Waals surface area contributed by atoms with E-state index in [0.717, 1.165) is 51.4 Å². The Morgan fingerprint density at radius 1 is 0.453 bits per heavy atom. The molecule has 0 heterocycles. The molecular formula is C47H93NO5. The molecule has 0 aliphatic heterocycles. The number of esters is 1. The summed E-state index contributed by atoms with van der Waals surface area (Å²) < 4.78 is 5.44. The van der Waals surface area contributed by atoms with Crippen LogP contribution >= 0.6 is 0 Å². The van der Waals surface area contributed by atoms with Gasteiger partial charge >= 0.3 is 5.97 Å². The zero-order chi connectivity index (χ0) is 38.7. The van der Waals surface area contributed by atoms with Crippen LogP contribution in [0.25, 0.3) is 0 Å². The Bertz CT molecular complexity index is 746. The Labute approximate surface area is 330 Å². The summed E-state index contributed by atoms with van der Waals surface area (Å²) in [4.78, 5) is 24.4. The van der Waals surface area contributed by atoms with E-state index in [9.17, 15) is 19.8 Å². The first kappa shape index (κ1) is 51.9. The van der Waals surface area contributed by atoms with Crippen molar-refractivity contribution < 1.29 is 24.5 Å². The van der Waals surface area contributed by atoms with Crippen molar-refractivity contribution in [2.24, 2.45) is 0 Å². The van der Waals surface area contributed by atoms with Gasteiger partial charge in [0.05, 0.1) is 25.4 Å². The van der Waals surface area contributed by atoms with Crippen LogP contribution in [0.15, 0.2) is 0 Å². The number of nitrogens with one attached hydrogen (secondary N) is 1. The van der Waals surface area contributed by atoms with Gasteiger partial charge in [0.15, 0.2) is 0 Å². The third-order valence-electron chi connectivity index (χ3n) is 11.2. The standard InChI is InChI=1S/C47H93NO5/c1-3-5-7-9-11-13-15-20-23-27-31-35-39-45(50)44(43-49)48-46(51)40-36-32-28-24-21-17-16-18-22-26-30-34-38-42-53-47(52)41-37-33-29-25-19-14-12-10-8-6-4-2/h44-45,49-50H,3-43H2,1-2H3,(H,48,51). The van der Waals surface area contributed by atoms with E-state index in [0.29, 0.717) is 25.9 Å². The lowest BCUT2D eigenvalue weighted by Crippen LogP contribution is -2.45. The first-order valence-electron chi connectivity index (χ1n) is 23.8. The first-order valence-corrected chi connectivity index (χ1v) is 23.8. The minimum Gasteiger partial charge on any atom is -0.466 e. The van der Waals surface area contributed by atoms with Gasteiger partial charge in [-0.25, -0.2) is 0 Å². The van der Waals surface area contributed by atoms with E-state index in [2.05, 4.69) is 19.2 Å². The van der Waals surface area contributed by atoms with Crippen molar-refractivity contribution in [3.63, 3.8) is 0 Å². The molecule has 0 aliphatic rings. The predicted octanol–water partition coefficient (Wildman–Crippen LogP) is 13.6. The lowest BCUT2D eigenvalue weighted by Gasteiger charge is -2.22. The quantitative estimate of drug-likeness (QED) is 0.0425. The van der Waals surface area contributed by atoms with E-state index in [-0.39, 0.29) is 18.5 Å². The fraction of sp³-hybridized carbons (Fsp3) is 0.957. The number of carbonyl (C=O) groups is 2. The molecule has 6 nitrogen and oxygen atoms in total. The Hall–Kier alpha value is -1.14. The highest BCUT2D eigenvalue weighted by atomic mass is 16.5. The van der Waals surface area contributed by atoms with Crippen LogP contribution in [0.4, 0.5) is 0 Å². The molecule has 2 atom stereocenters. The van der Waals surface area contributed by atoms with Gasteiger partial charge in [0.1, 0.15) is 0 Å². The lowest BCUT2D eigenvalue weighted by atomic mass is 10.0. The van der Waals surface area contributed by atoms with Crippen molar-refractivity contribution in [3.05, 3.63) is 0 Å². The third kappa shape index (κ3) is 40.3. The molecule has 0 radical (unpaired) electrons. The second kappa shape index (κ2) is 43.6. The summed E-state index contributed by atoms with van der Waals surface area (Å²) in [7, 11) is 0. The second-order valence-electron chi connectivity index (χ2n) is 16.5. The number of amides is 1. The van der Waals surface area contributed by atoms with Crippen molar-refractivity contribution in [1.29, 1.82) is 0 Å². The number of aliphatic hydroxyl groups is 2. The number of hydrogen-bond donors (Lipinski definition) is 3. The van der Waals surface area contributed by atoms with Crippen molar-refractivity contribution in [2.45, 2.75) is 276 Å². The van der Waals surface area contributed by atoms with Crippen molar-refractivity contribution in [3.8, 4) is 0 Å². The first-order chi connectivity index (χ1) is 26.0. The molecule has 0 aromatic carbocycles. The Kier molecular flexibility index (Phi) is 42.6. The molecule has 0 saturated heterocycles. The van der Waals surface area contributed by atoms with E-state index in [1.54, 1.807) is 0 Å². The summed E-state index contributed by atoms with van der Waals surface area (Å²) in [6.45, 7) is 4.92. The van der Waals surface area contributed by atoms with Gasteiger partial charge in [-0.3, -0.25) is 9.59 Å². The maximum atomic E-state index is 12.4. The summed E-state index contributed by atoms with van der Waals surface area (Å²) in [6.07, 6.45) is 46.3. The van der Waals surface area contributed by atoms with Gasteiger partial charge in [0, 0.05) is 12.8 Å². The van der Waals surface area contributed by atoms with Gasteiger partial charge in [0.25, 0.3) is 0 Å². The molecule has 0 aliphatic carbocycles. The Morgan fingerprint density at radius 2 is 0.774 bits per heavy atom. The minimum absolute atomic E-state index is 0.00562. The highest BCUT2D eigenvalue weighted by Gasteiger charge is 2.20. The molecule has 0 aromatic rings. The molecule has 53 heavy (non-hydrogen) atoms. The monoisotopic (exact) mass is 752 g/mol. The molecule has 0 fully saturated rings. The highest BCUT2D eigenvalue weighted by Crippen LogP contribution is 2.16. The van der Waals surface area contributed by atoms with Gasteiger partial charge in [-0.05, 0) is 25.7 Å². The van der Waals surface area contributed by atoms with Gasteiger partial charge in [-0.15, -0.1) is 0 Å². The highest BCUT2D eigenvalue weighted by molar-refractivity contribution is 5.76. The van der Waals surface area contributed by atoms with E-state index in [1.165, 1.54) is 180 Å². The maximum absolute atomic E-state index is 12.4. The number of rotatable bonds is 44. The van der Waals surface area contributed by atoms with Crippen LogP contribution in [0.3, 0.4) is 0 Å². The predicted molar refractivity (Wildman–Crippen MR) is 227 cm³/mol. The largest absolute Gasteiger partial charge is 0.466 e. The average Bonchev–Trinajstić information content (AvgIpc) is 3.16. The molecule has 2 unspecified atom stereocenters.